The van der Waals surface area contributed by atoms with Crippen LogP contribution in [0.25, 0.3) is 0 Å². The number of amides is 1. The molecule has 0 radical (unpaired) electrons. The van der Waals surface area contributed by atoms with Crippen LogP contribution in [0.2, 0.25) is 0 Å². The fourth-order valence-electron chi connectivity index (χ4n) is 1.62. The number of sulfonamides is 1. The summed E-state index contributed by atoms with van der Waals surface area (Å²) in [6.45, 7) is 4.08. The van der Waals surface area contributed by atoms with E-state index in [9.17, 15) is 13.2 Å². The Balaban J connectivity index is 3.11. The fraction of sp³-hybridized carbons (Fsp3) is 0.417. The molecule has 1 aromatic carbocycles. The average molecular weight is 334 g/mol. The molecule has 0 saturated carbocycles. The van der Waals surface area contributed by atoms with Crippen LogP contribution in [0.15, 0.2) is 22.7 Å². The maximum absolute atomic E-state index is 11.9. The van der Waals surface area contributed by atoms with Gasteiger partial charge in [-0.2, -0.15) is 0 Å². The summed E-state index contributed by atoms with van der Waals surface area (Å²) in [6, 6.07) is 5.19. The highest BCUT2D eigenvalue weighted by molar-refractivity contribution is 9.10. The van der Waals surface area contributed by atoms with Gasteiger partial charge in [-0.15, -0.1) is 0 Å². The number of hydrogen-bond donors (Lipinski definition) is 1. The van der Waals surface area contributed by atoms with E-state index in [0.29, 0.717) is 17.9 Å². The quantitative estimate of drug-likeness (QED) is 0.919. The summed E-state index contributed by atoms with van der Waals surface area (Å²) in [5.41, 5.74) is 1.23. The van der Waals surface area contributed by atoms with Gasteiger partial charge in [-0.25, -0.2) is 13.1 Å². The minimum absolute atomic E-state index is 0.379. The number of nitrogens with one attached hydrogen (secondary N) is 1. The van der Waals surface area contributed by atoms with Crippen molar-refractivity contribution in [3.05, 3.63) is 33.8 Å². The zero-order valence-electron chi connectivity index (χ0n) is 10.5. The normalized spacial score (nSPS) is 11.6. The molecule has 1 rings (SSSR count). The zero-order valence-corrected chi connectivity index (χ0v) is 12.9. The lowest BCUT2D eigenvalue weighted by atomic mass is 9.98. The van der Waals surface area contributed by atoms with E-state index in [4.69, 9.17) is 0 Å². The SMILES string of the molecule is CC(C)Cc1cc(Br)ccc1C(=O)NS(C)(=O)=O. The number of carbonyl (C=O) groups is 1. The van der Waals surface area contributed by atoms with Crippen molar-refractivity contribution >= 4 is 31.9 Å². The van der Waals surface area contributed by atoms with E-state index < -0.39 is 15.9 Å². The van der Waals surface area contributed by atoms with Gasteiger partial charge in [-0.1, -0.05) is 29.8 Å². The molecule has 18 heavy (non-hydrogen) atoms. The molecular formula is C12H16BrNO3S. The number of carbonyl (C=O) groups excluding carboxylic acids is 1. The maximum atomic E-state index is 11.9. The Bertz CT molecular complexity index is 552. The first-order chi connectivity index (χ1) is 8.19. The maximum Gasteiger partial charge on any atom is 0.264 e. The van der Waals surface area contributed by atoms with Crippen molar-refractivity contribution in [2.45, 2.75) is 20.3 Å². The predicted molar refractivity (Wildman–Crippen MR) is 75.0 cm³/mol. The van der Waals surface area contributed by atoms with Gasteiger partial charge in [0.2, 0.25) is 10.0 Å². The number of hydrogen-bond acceptors (Lipinski definition) is 3. The minimum atomic E-state index is -3.54. The molecule has 0 aliphatic carbocycles. The average Bonchev–Trinajstić information content (AvgIpc) is 2.13. The van der Waals surface area contributed by atoms with Crippen molar-refractivity contribution in [1.29, 1.82) is 0 Å². The fourth-order valence-corrected chi connectivity index (χ4v) is 2.47. The van der Waals surface area contributed by atoms with Gasteiger partial charge in [0.25, 0.3) is 5.91 Å². The number of benzene rings is 1. The summed E-state index contributed by atoms with van der Waals surface area (Å²) >= 11 is 3.35. The molecule has 0 saturated heterocycles. The summed E-state index contributed by atoms with van der Waals surface area (Å²) in [6.07, 6.45) is 1.68. The van der Waals surface area contributed by atoms with Gasteiger partial charge in [-0.05, 0) is 36.1 Å². The van der Waals surface area contributed by atoms with Gasteiger partial charge in [0.1, 0.15) is 0 Å². The third-order valence-electron chi connectivity index (χ3n) is 2.22. The first-order valence-corrected chi connectivity index (χ1v) is 8.18. The second-order valence-corrected chi connectivity index (χ2v) is 7.27. The summed E-state index contributed by atoms with van der Waals surface area (Å²) < 4.78 is 25.0. The second-order valence-electron chi connectivity index (χ2n) is 4.60. The second kappa shape index (κ2) is 5.84. The molecule has 0 aliphatic rings. The number of rotatable bonds is 4. The van der Waals surface area contributed by atoms with Crippen LogP contribution in [0.3, 0.4) is 0 Å². The Morgan fingerprint density at radius 3 is 2.50 bits per heavy atom. The highest BCUT2D eigenvalue weighted by Gasteiger charge is 2.16. The Morgan fingerprint density at radius 1 is 1.39 bits per heavy atom. The van der Waals surface area contributed by atoms with E-state index in [1.165, 1.54) is 0 Å². The van der Waals surface area contributed by atoms with Crippen LogP contribution in [-0.2, 0) is 16.4 Å². The lowest BCUT2D eigenvalue weighted by Gasteiger charge is -2.11. The Morgan fingerprint density at radius 2 is 2.00 bits per heavy atom. The van der Waals surface area contributed by atoms with E-state index in [-0.39, 0.29) is 0 Å². The van der Waals surface area contributed by atoms with Crippen LogP contribution >= 0.6 is 15.9 Å². The molecule has 0 unspecified atom stereocenters. The lowest BCUT2D eigenvalue weighted by molar-refractivity contribution is 0.0980. The Kier molecular flexibility index (Phi) is 4.92. The molecule has 0 bridgehead atoms. The first-order valence-electron chi connectivity index (χ1n) is 5.49. The van der Waals surface area contributed by atoms with Gasteiger partial charge in [0, 0.05) is 10.0 Å². The molecule has 0 spiro atoms. The van der Waals surface area contributed by atoms with Gasteiger partial charge in [-0.3, -0.25) is 4.79 Å². The molecule has 0 fully saturated rings. The molecule has 0 atom stereocenters. The molecule has 0 aliphatic heterocycles. The largest absolute Gasteiger partial charge is 0.268 e. The smallest absolute Gasteiger partial charge is 0.264 e. The number of halogens is 1. The molecule has 0 aromatic heterocycles. The first kappa shape index (κ1) is 15.2. The van der Waals surface area contributed by atoms with E-state index in [1.807, 2.05) is 24.6 Å². The van der Waals surface area contributed by atoms with Crippen LogP contribution in [0.1, 0.15) is 29.8 Å². The summed E-state index contributed by atoms with van der Waals surface area (Å²) in [5, 5.41) is 0. The summed E-state index contributed by atoms with van der Waals surface area (Å²) in [4.78, 5) is 11.9. The van der Waals surface area contributed by atoms with E-state index in [2.05, 4.69) is 15.9 Å². The lowest BCUT2D eigenvalue weighted by Crippen LogP contribution is -2.30. The molecule has 1 N–H and O–H groups in total. The third kappa shape index (κ3) is 4.78. The van der Waals surface area contributed by atoms with Crippen LogP contribution in [-0.4, -0.2) is 20.6 Å². The topological polar surface area (TPSA) is 63.2 Å². The monoisotopic (exact) mass is 333 g/mol. The Labute approximate surface area is 116 Å². The van der Waals surface area contributed by atoms with E-state index in [0.717, 1.165) is 16.3 Å². The summed E-state index contributed by atoms with van der Waals surface area (Å²) in [7, 11) is -3.54. The molecule has 6 heteroatoms. The minimum Gasteiger partial charge on any atom is -0.268 e. The van der Waals surface area contributed by atoms with Gasteiger partial charge in [0.15, 0.2) is 0 Å². The van der Waals surface area contributed by atoms with Gasteiger partial charge in [0.05, 0.1) is 6.26 Å². The van der Waals surface area contributed by atoms with Crippen molar-refractivity contribution in [2.75, 3.05) is 6.26 Å². The molecule has 1 amide bonds. The van der Waals surface area contributed by atoms with Crippen molar-refractivity contribution in [2.24, 2.45) is 5.92 Å². The predicted octanol–water partition coefficient (Wildman–Crippen LogP) is 2.34. The van der Waals surface area contributed by atoms with E-state index >= 15 is 0 Å². The molecule has 4 nitrogen and oxygen atoms in total. The third-order valence-corrected chi connectivity index (χ3v) is 3.27. The van der Waals surface area contributed by atoms with Crippen LogP contribution in [0, 0.1) is 5.92 Å². The molecule has 0 heterocycles. The standard InChI is InChI=1S/C12H16BrNO3S/c1-8(2)6-9-7-10(13)4-5-11(9)12(15)14-18(3,16)17/h4-5,7-8H,6H2,1-3H3,(H,14,15). The van der Waals surface area contributed by atoms with Crippen LogP contribution in [0.4, 0.5) is 0 Å². The van der Waals surface area contributed by atoms with Gasteiger partial charge >= 0.3 is 0 Å². The summed E-state index contributed by atoms with van der Waals surface area (Å²) in [5.74, 6) is -0.204. The highest BCUT2D eigenvalue weighted by atomic mass is 79.9. The van der Waals surface area contributed by atoms with Crippen LogP contribution < -0.4 is 4.72 Å². The van der Waals surface area contributed by atoms with Crippen molar-refractivity contribution in [1.82, 2.24) is 4.72 Å². The van der Waals surface area contributed by atoms with Crippen molar-refractivity contribution in [3.8, 4) is 0 Å². The Hall–Kier alpha value is -0.880. The molecule has 100 valence electrons. The molecule has 1 aromatic rings. The van der Waals surface area contributed by atoms with Crippen LogP contribution in [0.5, 0.6) is 0 Å². The highest BCUT2D eigenvalue weighted by Crippen LogP contribution is 2.20. The van der Waals surface area contributed by atoms with Gasteiger partial charge < -0.3 is 0 Å². The van der Waals surface area contributed by atoms with Crippen molar-refractivity contribution < 1.29 is 13.2 Å². The van der Waals surface area contributed by atoms with Crippen molar-refractivity contribution in [3.63, 3.8) is 0 Å². The van der Waals surface area contributed by atoms with E-state index in [1.54, 1.807) is 12.1 Å². The molecular weight excluding hydrogens is 318 g/mol. The zero-order chi connectivity index (χ0) is 13.9.